The third-order valence-electron chi connectivity index (χ3n) is 0.948. The van der Waals surface area contributed by atoms with Gasteiger partial charge in [0.1, 0.15) is 5.75 Å². The number of rotatable bonds is 1. The Labute approximate surface area is 79.0 Å². The quantitative estimate of drug-likeness (QED) is 0.472. The Morgan fingerprint density at radius 1 is 1.00 bits per heavy atom. The summed E-state index contributed by atoms with van der Waals surface area (Å²) in [6.45, 7) is 0. The molecule has 0 saturated carbocycles. The average molecular weight is 200 g/mol. The number of benzene rings is 1. The lowest BCUT2D eigenvalue weighted by molar-refractivity contribution is 0.136. The Kier molecular flexibility index (Phi) is 5.29. The minimum atomic E-state index is -1.83. The van der Waals surface area contributed by atoms with Crippen LogP contribution in [0.4, 0.5) is 9.59 Å². The fourth-order valence-electron chi connectivity index (χ4n) is 0.589. The van der Waals surface area contributed by atoms with E-state index in [0.717, 1.165) is 0 Å². The Balaban J connectivity index is 0.000000364. The highest BCUT2D eigenvalue weighted by Gasteiger charge is 1.96. The van der Waals surface area contributed by atoms with Crippen LogP contribution in [0.5, 0.6) is 5.75 Å². The predicted octanol–water partition coefficient (Wildman–Crippen LogP) is 1.97. The number of ether oxygens (including phenoxy) is 1. The first-order chi connectivity index (χ1) is 6.52. The molecule has 0 aromatic heterocycles. The number of carbonyl (C=O) groups is 2. The second-order valence-electron chi connectivity index (χ2n) is 1.96. The Hall–Kier alpha value is -2.24. The van der Waals surface area contributed by atoms with Gasteiger partial charge in [0, 0.05) is 0 Å². The van der Waals surface area contributed by atoms with Crippen LogP contribution in [-0.2, 0) is 0 Å². The zero-order chi connectivity index (χ0) is 11.0. The van der Waals surface area contributed by atoms with Crippen LogP contribution in [0.2, 0.25) is 0 Å². The molecule has 1 aromatic rings. The van der Waals surface area contributed by atoms with Crippen LogP contribution in [-0.4, -0.2) is 27.6 Å². The Bertz CT molecular complexity index is 290. The molecular weight excluding hydrogens is 192 g/mol. The van der Waals surface area contributed by atoms with Gasteiger partial charge in [0.2, 0.25) is 0 Å². The first-order valence-corrected chi connectivity index (χ1v) is 3.40. The number of para-hydroxylation sites is 1. The summed E-state index contributed by atoms with van der Waals surface area (Å²) in [6, 6.07) is 8.35. The molecule has 0 aliphatic rings. The van der Waals surface area contributed by atoms with Gasteiger partial charge in [0.05, 0.1) is 0 Å². The monoisotopic (exact) mass is 200 g/mol. The van der Waals surface area contributed by atoms with Gasteiger partial charge in [0.25, 0.3) is 0 Å². The third-order valence-corrected chi connectivity index (χ3v) is 0.948. The van der Waals surface area contributed by atoms with E-state index in [1.807, 2.05) is 0 Å². The molecule has 0 amide bonds. The molecular formula is C8H8O6. The molecule has 0 saturated heterocycles. The maximum atomic E-state index is 9.95. The lowest BCUT2D eigenvalue weighted by Gasteiger charge is -1.95. The van der Waals surface area contributed by atoms with Crippen LogP contribution < -0.4 is 4.74 Å². The standard InChI is InChI=1S/C7H6O3.CH2O3/c8-7(9)10-6-4-2-1-3-5-6;2-1(3)4/h1-5H,(H,8,9);(H2,2,3,4). The number of hydrogen-bond donors (Lipinski definition) is 3. The van der Waals surface area contributed by atoms with Gasteiger partial charge in [-0.1, -0.05) is 18.2 Å². The second-order valence-corrected chi connectivity index (χ2v) is 1.96. The molecule has 0 unspecified atom stereocenters. The highest BCUT2D eigenvalue weighted by molar-refractivity contribution is 5.60. The van der Waals surface area contributed by atoms with Crippen molar-refractivity contribution >= 4 is 12.3 Å². The van der Waals surface area contributed by atoms with Gasteiger partial charge in [-0.05, 0) is 12.1 Å². The molecule has 0 spiro atoms. The van der Waals surface area contributed by atoms with Gasteiger partial charge in [-0.15, -0.1) is 0 Å². The lowest BCUT2D eigenvalue weighted by atomic mass is 10.3. The summed E-state index contributed by atoms with van der Waals surface area (Å²) >= 11 is 0. The molecule has 3 N–H and O–H groups in total. The molecule has 76 valence electrons. The van der Waals surface area contributed by atoms with Crippen molar-refractivity contribution in [2.24, 2.45) is 0 Å². The van der Waals surface area contributed by atoms with E-state index in [-0.39, 0.29) is 0 Å². The maximum Gasteiger partial charge on any atom is 0.511 e. The SMILES string of the molecule is O=C(O)O.O=C(O)Oc1ccccc1. The number of carboxylic acid groups (broad SMARTS) is 3. The highest BCUT2D eigenvalue weighted by atomic mass is 16.7. The van der Waals surface area contributed by atoms with E-state index in [4.69, 9.17) is 20.1 Å². The van der Waals surface area contributed by atoms with Crippen molar-refractivity contribution < 1.29 is 29.6 Å². The van der Waals surface area contributed by atoms with E-state index < -0.39 is 12.3 Å². The molecule has 0 radical (unpaired) electrons. The molecule has 14 heavy (non-hydrogen) atoms. The van der Waals surface area contributed by atoms with Gasteiger partial charge >= 0.3 is 12.3 Å². The Morgan fingerprint density at radius 3 is 1.79 bits per heavy atom. The van der Waals surface area contributed by atoms with Crippen LogP contribution in [0.25, 0.3) is 0 Å². The largest absolute Gasteiger partial charge is 0.511 e. The molecule has 1 aromatic carbocycles. The molecule has 0 aliphatic carbocycles. The van der Waals surface area contributed by atoms with Crippen molar-refractivity contribution in [3.63, 3.8) is 0 Å². The third kappa shape index (κ3) is 7.86. The minimum Gasteiger partial charge on any atom is -0.450 e. The van der Waals surface area contributed by atoms with E-state index >= 15 is 0 Å². The van der Waals surface area contributed by atoms with Crippen molar-refractivity contribution in [2.45, 2.75) is 0 Å². The smallest absolute Gasteiger partial charge is 0.450 e. The summed E-state index contributed by atoms with van der Waals surface area (Å²) in [4.78, 5) is 18.5. The number of hydrogen-bond acceptors (Lipinski definition) is 3. The van der Waals surface area contributed by atoms with Crippen molar-refractivity contribution in [1.29, 1.82) is 0 Å². The van der Waals surface area contributed by atoms with E-state index in [1.54, 1.807) is 30.3 Å². The molecule has 0 atom stereocenters. The van der Waals surface area contributed by atoms with Crippen molar-refractivity contribution in [2.75, 3.05) is 0 Å². The summed E-state index contributed by atoms with van der Waals surface area (Å²) in [7, 11) is 0. The molecule has 0 fully saturated rings. The van der Waals surface area contributed by atoms with Gasteiger partial charge < -0.3 is 20.1 Å². The molecule has 0 bridgehead atoms. The first-order valence-electron chi connectivity index (χ1n) is 3.40. The van der Waals surface area contributed by atoms with Crippen LogP contribution in [0.3, 0.4) is 0 Å². The summed E-state index contributed by atoms with van der Waals surface area (Å²) < 4.78 is 4.33. The summed E-state index contributed by atoms with van der Waals surface area (Å²) in [5.41, 5.74) is 0. The maximum absolute atomic E-state index is 9.95. The molecule has 6 heteroatoms. The van der Waals surface area contributed by atoms with Crippen LogP contribution >= 0.6 is 0 Å². The minimum absolute atomic E-state index is 0.343. The van der Waals surface area contributed by atoms with Gasteiger partial charge in [-0.3, -0.25) is 0 Å². The first kappa shape index (κ1) is 11.8. The summed E-state index contributed by atoms with van der Waals surface area (Å²) in [5, 5.41) is 22.1. The topological polar surface area (TPSA) is 104 Å². The van der Waals surface area contributed by atoms with E-state index in [9.17, 15) is 4.79 Å². The zero-order valence-electron chi connectivity index (χ0n) is 6.95. The fourth-order valence-corrected chi connectivity index (χ4v) is 0.589. The zero-order valence-corrected chi connectivity index (χ0v) is 6.95. The predicted molar refractivity (Wildman–Crippen MR) is 45.7 cm³/mol. The molecule has 0 heterocycles. The summed E-state index contributed by atoms with van der Waals surface area (Å²) in [5.74, 6) is 0.343. The average Bonchev–Trinajstić information content (AvgIpc) is 2.03. The van der Waals surface area contributed by atoms with E-state index in [1.165, 1.54) is 0 Å². The molecule has 1 rings (SSSR count). The van der Waals surface area contributed by atoms with E-state index in [0.29, 0.717) is 5.75 Å². The summed E-state index contributed by atoms with van der Waals surface area (Å²) in [6.07, 6.45) is -3.12. The lowest BCUT2D eigenvalue weighted by Crippen LogP contribution is -2.02. The normalized spacial score (nSPS) is 8.00. The van der Waals surface area contributed by atoms with Crippen molar-refractivity contribution in [3.8, 4) is 5.75 Å². The van der Waals surface area contributed by atoms with Crippen LogP contribution in [0.15, 0.2) is 30.3 Å². The van der Waals surface area contributed by atoms with Crippen molar-refractivity contribution in [1.82, 2.24) is 0 Å². The van der Waals surface area contributed by atoms with Gasteiger partial charge in [0.15, 0.2) is 0 Å². The van der Waals surface area contributed by atoms with E-state index in [2.05, 4.69) is 4.74 Å². The molecule has 6 nitrogen and oxygen atoms in total. The van der Waals surface area contributed by atoms with Gasteiger partial charge in [-0.2, -0.15) is 0 Å². The second kappa shape index (κ2) is 6.30. The van der Waals surface area contributed by atoms with Crippen LogP contribution in [0, 0.1) is 0 Å². The highest BCUT2D eigenvalue weighted by Crippen LogP contribution is 2.07. The van der Waals surface area contributed by atoms with Crippen LogP contribution in [0.1, 0.15) is 0 Å². The fraction of sp³-hybridized carbons (Fsp3) is 0. The Morgan fingerprint density at radius 2 is 1.43 bits per heavy atom. The van der Waals surface area contributed by atoms with Gasteiger partial charge in [-0.25, -0.2) is 9.59 Å². The van der Waals surface area contributed by atoms with Crippen molar-refractivity contribution in [3.05, 3.63) is 30.3 Å². The molecule has 0 aliphatic heterocycles.